The number of methoxy groups -OCH3 is 1. The predicted molar refractivity (Wildman–Crippen MR) is 66.2 cm³/mol. The monoisotopic (exact) mass is 322 g/mol. The van der Waals surface area contributed by atoms with Gasteiger partial charge in [-0.15, -0.1) is 0 Å². The minimum absolute atomic E-state index is 0.0391. The molecule has 0 rings (SSSR count). The Bertz CT molecular complexity index is 333. The molecule has 1 atom stereocenters. The van der Waals surface area contributed by atoms with Crippen molar-refractivity contribution in [3.05, 3.63) is 0 Å². The molecule has 7 heteroatoms. The molecule has 0 unspecified atom stereocenters. The van der Waals surface area contributed by atoms with Crippen molar-refractivity contribution in [2.45, 2.75) is 43.1 Å². The van der Waals surface area contributed by atoms with Gasteiger partial charge >= 0.3 is 113 Å². The summed E-state index contributed by atoms with van der Waals surface area (Å²) in [6.07, 6.45) is -0.661. The molecule has 0 aliphatic carbocycles. The number of rotatable bonds is 5. The first-order valence-corrected chi connectivity index (χ1v) is 7.74. The van der Waals surface area contributed by atoms with Crippen LogP contribution in [-0.4, -0.2) is 45.8 Å². The summed E-state index contributed by atoms with van der Waals surface area (Å²) in [5.41, 5.74) is -0.622. The van der Waals surface area contributed by atoms with Gasteiger partial charge in [-0.25, -0.2) is 0 Å². The van der Waals surface area contributed by atoms with Crippen LogP contribution in [0.3, 0.4) is 0 Å². The summed E-state index contributed by atoms with van der Waals surface area (Å²) in [5.74, 6) is -0.527. The summed E-state index contributed by atoms with van der Waals surface area (Å²) >= 11 is -0.0391. The molecule has 0 aromatic rings. The SMILES string of the molecule is COC(=O)[C@H](C[Se]CC#N)NC(=O)OC(C)(C)C. The molecule has 0 aromatic carbocycles. The van der Waals surface area contributed by atoms with Gasteiger partial charge in [0, 0.05) is 0 Å². The Morgan fingerprint density at radius 2 is 2.06 bits per heavy atom. The summed E-state index contributed by atoms with van der Waals surface area (Å²) in [7, 11) is 1.25. The van der Waals surface area contributed by atoms with Crippen LogP contribution in [0.2, 0.25) is 10.6 Å². The molecular weight excluding hydrogens is 303 g/mol. The van der Waals surface area contributed by atoms with Crippen molar-refractivity contribution in [2.24, 2.45) is 0 Å². The van der Waals surface area contributed by atoms with Gasteiger partial charge in [0.2, 0.25) is 0 Å². The van der Waals surface area contributed by atoms with E-state index in [1.54, 1.807) is 20.8 Å². The van der Waals surface area contributed by atoms with E-state index in [0.717, 1.165) is 0 Å². The van der Waals surface area contributed by atoms with Crippen molar-refractivity contribution < 1.29 is 19.1 Å². The molecule has 1 amide bonds. The van der Waals surface area contributed by atoms with Crippen LogP contribution < -0.4 is 5.32 Å². The summed E-state index contributed by atoms with van der Waals surface area (Å²) in [4.78, 5) is 23.0. The van der Waals surface area contributed by atoms with E-state index < -0.39 is 23.7 Å². The van der Waals surface area contributed by atoms with E-state index in [1.807, 2.05) is 6.07 Å². The molecule has 0 aliphatic rings. The first-order valence-electron chi connectivity index (χ1n) is 5.32. The maximum absolute atomic E-state index is 11.5. The number of ether oxygens (including phenoxy) is 2. The quantitative estimate of drug-likeness (QED) is 0.466. The van der Waals surface area contributed by atoms with Gasteiger partial charge in [-0.3, -0.25) is 0 Å². The average Bonchev–Trinajstić information content (AvgIpc) is 2.24. The number of carbonyl (C=O) groups is 2. The molecule has 0 saturated carbocycles. The standard InChI is InChI=1S/C11H18N2O4Se/c1-11(2,3)17-10(15)13-8(9(14)16-4)7-18-6-5-12/h8H,6-7H2,1-4H3,(H,13,15)/t8-/m0/s1. The second kappa shape index (κ2) is 7.96. The van der Waals surface area contributed by atoms with Gasteiger partial charge < -0.3 is 0 Å². The zero-order valence-electron chi connectivity index (χ0n) is 11.0. The molecule has 0 fully saturated rings. The molecule has 18 heavy (non-hydrogen) atoms. The van der Waals surface area contributed by atoms with Crippen molar-refractivity contribution in [2.75, 3.05) is 7.11 Å². The summed E-state index contributed by atoms with van der Waals surface area (Å²) in [5, 5.41) is 11.7. The van der Waals surface area contributed by atoms with Gasteiger partial charge in [0.05, 0.1) is 0 Å². The minimum atomic E-state index is -0.752. The number of amides is 1. The van der Waals surface area contributed by atoms with Crippen molar-refractivity contribution in [3.8, 4) is 6.07 Å². The second-order valence-corrected chi connectivity index (χ2v) is 6.56. The van der Waals surface area contributed by atoms with Crippen LogP contribution in [0.15, 0.2) is 0 Å². The van der Waals surface area contributed by atoms with Gasteiger partial charge in [-0.1, -0.05) is 0 Å². The van der Waals surface area contributed by atoms with Crippen molar-refractivity contribution in [3.63, 3.8) is 0 Å². The number of nitrogens with one attached hydrogen (secondary N) is 1. The Balaban J connectivity index is 4.36. The van der Waals surface area contributed by atoms with E-state index >= 15 is 0 Å². The zero-order valence-corrected chi connectivity index (χ0v) is 12.7. The van der Waals surface area contributed by atoms with Gasteiger partial charge in [0.15, 0.2) is 0 Å². The number of nitriles is 1. The molecule has 0 spiro atoms. The van der Waals surface area contributed by atoms with Crippen LogP contribution in [0.4, 0.5) is 4.79 Å². The van der Waals surface area contributed by atoms with Crippen LogP contribution in [0, 0.1) is 11.3 Å². The molecule has 0 aliphatic heterocycles. The Morgan fingerprint density at radius 1 is 1.44 bits per heavy atom. The van der Waals surface area contributed by atoms with Gasteiger partial charge in [-0.2, -0.15) is 0 Å². The second-order valence-electron chi connectivity index (χ2n) is 4.40. The van der Waals surface area contributed by atoms with E-state index in [2.05, 4.69) is 10.1 Å². The van der Waals surface area contributed by atoms with E-state index in [-0.39, 0.29) is 15.0 Å². The number of hydrogen-bond acceptors (Lipinski definition) is 5. The Kier molecular flexibility index (Phi) is 7.41. The van der Waals surface area contributed by atoms with Gasteiger partial charge in [-0.05, 0) is 0 Å². The van der Waals surface area contributed by atoms with Gasteiger partial charge in [0.1, 0.15) is 0 Å². The third-order valence-corrected chi connectivity index (χ3v) is 3.52. The maximum atomic E-state index is 11.5. The van der Waals surface area contributed by atoms with E-state index in [0.29, 0.717) is 10.6 Å². The third kappa shape index (κ3) is 7.93. The number of esters is 1. The summed E-state index contributed by atoms with van der Waals surface area (Å²) < 4.78 is 9.65. The fourth-order valence-corrected chi connectivity index (χ4v) is 2.38. The molecule has 0 aromatic heterocycles. The Hall–Kier alpha value is -1.25. The van der Waals surface area contributed by atoms with Crippen LogP contribution in [0.25, 0.3) is 0 Å². The first kappa shape index (κ1) is 16.7. The van der Waals surface area contributed by atoms with Crippen LogP contribution >= 0.6 is 0 Å². The van der Waals surface area contributed by atoms with E-state index in [9.17, 15) is 9.59 Å². The molecule has 0 saturated heterocycles. The van der Waals surface area contributed by atoms with E-state index in [1.165, 1.54) is 7.11 Å². The van der Waals surface area contributed by atoms with Crippen molar-refractivity contribution >= 4 is 27.0 Å². The zero-order chi connectivity index (χ0) is 14.2. The number of alkyl carbamates (subject to hydrolysis) is 1. The molecule has 102 valence electrons. The summed E-state index contributed by atoms with van der Waals surface area (Å²) in [6.45, 7) is 5.21. The number of hydrogen-bond donors (Lipinski definition) is 1. The number of nitrogens with zero attached hydrogens (tertiary/aromatic N) is 1. The predicted octanol–water partition coefficient (Wildman–Crippen LogP) is 1.12. The van der Waals surface area contributed by atoms with Gasteiger partial charge in [0.25, 0.3) is 0 Å². The normalized spacial score (nSPS) is 12.2. The molecule has 6 nitrogen and oxygen atoms in total. The average molecular weight is 321 g/mol. The Labute approximate surface area is 113 Å². The molecule has 0 heterocycles. The molecule has 0 bridgehead atoms. The summed E-state index contributed by atoms with van der Waals surface area (Å²) in [6, 6.07) is 1.25. The van der Waals surface area contributed by atoms with Crippen LogP contribution in [-0.2, 0) is 14.3 Å². The number of carbonyl (C=O) groups excluding carboxylic acids is 2. The van der Waals surface area contributed by atoms with Crippen LogP contribution in [0.1, 0.15) is 20.8 Å². The van der Waals surface area contributed by atoms with Crippen molar-refractivity contribution in [1.29, 1.82) is 5.26 Å². The fourth-order valence-electron chi connectivity index (χ4n) is 0.983. The topological polar surface area (TPSA) is 88.4 Å². The molecule has 1 N–H and O–H groups in total. The fraction of sp³-hybridized carbons (Fsp3) is 0.727. The molecular formula is C11H18N2O4Se. The van der Waals surface area contributed by atoms with Crippen molar-refractivity contribution in [1.82, 2.24) is 5.32 Å². The third-order valence-electron chi connectivity index (χ3n) is 1.63. The van der Waals surface area contributed by atoms with Crippen LogP contribution in [0.5, 0.6) is 0 Å². The first-order chi connectivity index (χ1) is 8.30. The Morgan fingerprint density at radius 3 is 2.50 bits per heavy atom. The molecule has 0 radical (unpaired) electrons. The van der Waals surface area contributed by atoms with E-state index in [4.69, 9.17) is 10.00 Å².